The second-order valence-corrected chi connectivity index (χ2v) is 7.55. The SMILES string of the molecule is CC(C)(C)c1ccc(C(=O)NNC(=O)c2ccc(-c3ccncc3)cc2)cc1. The van der Waals surface area contributed by atoms with Gasteiger partial charge in [0.2, 0.25) is 0 Å². The van der Waals surface area contributed by atoms with Crippen LogP contribution in [0, 0.1) is 0 Å². The Balaban J connectivity index is 1.60. The summed E-state index contributed by atoms with van der Waals surface area (Å²) in [5.74, 6) is -0.733. The van der Waals surface area contributed by atoms with Crippen molar-refractivity contribution in [2.75, 3.05) is 0 Å². The summed E-state index contributed by atoms with van der Waals surface area (Å²) in [6.07, 6.45) is 3.44. The summed E-state index contributed by atoms with van der Waals surface area (Å²) in [7, 11) is 0. The molecule has 3 aromatic rings. The van der Waals surface area contributed by atoms with E-state index in [0.717, 1.165) is 16.7 Å². The monoisotopic (exact) mass is 373 g/mol. The number of nitrogens with one attached hydrogen (secondary N) is 2. The summed E-state index contributed by atoms with van der Waals surface area (Å²) >= 11 is 0. The highest BCUT2D eigenvalue weighted by atomic mass is 16.2. The third kappa shape index (κ3) is 4.62. The molecular weight excluding hydrogens is 350 g/mol. The molecule has 2 aromatic carbocycles. The first kappa shape index (κ1) is 19.3. The Morgan fingerprint density at radius 2 is 1.11 bits per heavy atom. The minimum atomic E-state index is -0.374. The van der Waals surface area contributed by atoms with Gasteiger partial charge in [0.1, 0.15) is 0 Å². The number of benzene rings is 2. The van der Waals surface area contributed by atoms with Gasteiger partial charge in [-0.2, -0.15) is 0 Å². The van der Waals surface area contributed by atoms with Gasteiger partial charge in [0.15, 0.2) is 0 Å². The van der Waals surface area contributed by atoms with Crippen molar-refractivity contribution in [3.63, 3.8) is 0 Å². The number of hydrogen-bond donors (Lipinski definition) is 2. The van der Waals surface area contributed by atoms with Crippen molar-refractivity contribution in [2.45, 2.75) is 26.2 Å². The molecule has 0 saturated carbocycles. The fraction of sp³-hybridized carbons (Fsp3) is 0.174. The lowest BCUT2D eigenvalue weighted by Crippen LogP contribution is -2.41. The van der Waals surface area contributed by atoms with Gasteiger partial charge in [0.25, 0.3) is 11.8 Å². The molecule has 2 amide bonds. The van der Waals surface area contributed by atoms with E-state index in [0.29, 0.717) is 11.1 Å². The van der Waals surface area contributed by atoms with Gasteiger partial charge in [0, 0.05) is 23.5 Å². The van der Waals surface area contributed by atoms with Gasteiger partial charge in [0.05, 0.1) is 0 Å². The van der Waals surface area contributed by atoms with E-state index in [-0.39, 0.29) is 17.2 Å². The van der Waals surface area contributed by atoms with Gasteiger partial charge in [-0.3, -0.25) is 25.4 Å². The molecule has 28 heavy (non-hydrogen) atoms. The predicted octanol–water partition coefficient (Wildman–Crippen LogP) is 4.12. The van der Waals surface area contributed by atoms with Crippen LogP contribution in [-0.2, 0) is 5.41 Å². The van der Waals surface area contributed by atoms with E-state index in [1.54, 1.807) is 36.7 Å². The number of amides is 2. The topological polar surface area (TPSA) is 71.1 Å². The number of rotatable bonds is 3. The zero-order chi connectivity index (χ0) is 20.1. The number of nitrogens with zero attached hydrogens (tertiary/aromatic N) is 1. The zero-order valence-electron chi connectivity index (χ0n) is 16.2. The zero-order valence-corrected chi connectivity index (χ0v) is 16.2. The van der Waals surface area contributed by atoms with Gasteiger partial charge in [-0.05, 0) is 58.5 Å². The number of hydrogen-bond acceptors (Lipinski definition) is 3. The quantitative estimate of drug-likeness (QED) is 0.679. The normalized spacial score (nSPS) is 11.0. The lowest BCUT2D eigenvalue weighted by Gasteiger charge is -2.19. The van der Waals surface area contributed by atoms with Crippen LogP contribution in [0.15, 0.2) is 73.1 Å². The Morgan fingerprint density at radius 1 is 0.679 bits per heavy atom. The van der Waals surface area contributed by atoms with Crippen LogP contribution in [0.2, 0.25) is 0 Å². The Hall–Kier alpha value is -3.47. The summed E-state index contributed by atoms with van der Waals surface area (Å²) < 4.78 is 0. The number of hydrazine groups is 1. The number of aromatic nitrogens is 1. The van der Waals surface area contributed by atoms with E-state index in [4.69, 9.17) is 0 Å². The molecule has 0 aliphatic heterocycles. The van der Waals surface area contributed by atoms with Crippen molar-refractivity contribution in [3.8, 4) is 11.1 Å². The van der Waals surface area contributed by atoms with E-state index in [1.165, 1.54) is 0 Å². The van der Waals surface area contributed by atoms with Crippen molar-refractivity contribution in [3.05, 3.63) is 89.7 Å². The van der Waals surface area contributed by atoms with Crippen molar-refractivity contribution in [1.82, 2.24) is 15.8 Å². The molecule has 0 atom stereocenters. The van der Waals surface area contributed by atoms with Gasteiger partial charge in [-0.1, -0.05) is 45.0 Å². The molecule has 1 heterocycles. The van der Waals surface area contributed by atoms with Gasteiger partial charge in [-0.25, -0.2) is 0 Å². The second-order valence-electron chi connectivity index (χ2n) is 7.55. The Labute approximate surface area is 164 Å². The van der Waals surface area contributed by atoms with Crippen LogP contribution in [0.1, 0.15) is 47.1 Å². The molecule has 142 valence electrons. The molecule has 0 aliphatic rings. The molecule has 3 rings (SSSR count). The minimum Gasteiger partial charge on any atom is -0.267 e. The first-order valence-electron chi connectivity index (χ1n) is 9.06. The Morgan fingerprint density at radius 3 is 1.57 bits per heavy atom. The minimum absolute atomic E-state index is 0.0195. The van der Waals surface area contributed by atoms with E-state index in [9.17, 15) is 9.59 Å². The molecule has 5 nitrogen and oxygen atoms in total. The highest BCUT2D eigenvalue weighted by Crippen LogP contribution is 2.22. The summed E-state index contributed by atoms with van der Waals surface area (Å²) in [6.45, 7) is 6.34. The maximum atomic E-state index is 12.3. The first-order chi connectivity index (χ1) is 13.3. The number of carbonyl (C=O) groups excluding carboxylic acids is 2. The van der Waals surface area contributed by atoms with Crippen LogP contribution in [0.25, 0.3) is 11.1 Å². The largest absolute Gasteiger partial charge is 0.269 e. The summed E-state index contributed by atoms with van der Waals surface area (Å²) in [5.41, 5.74) is 9.03. The molecule has 0 unspecified atom stereocenters. The predicted molar refractivity (Wildman–Crippen MR) is 110 cm³/mol. The summed E-state index contributed by atoms with van der Waals surface area (Å²) in [4.78, 5) is 28.5. The molecule has 0 radical (unpaired) electrons. The number of pyridine rings is 1. The summed E-state index contributed by atoms with van der Waals surface area (Å²) in [5, 5.41) is 0. The van der Waals surface area contributed by atoms with E-state index < -0.39 is 0 Å². The van der Waals surface area contributed by atoms with Crippen molar-refractivity contribution in [1.29, 1.82) is 0 Å². The molecule has 0 bridgehead atoms. The van der Waals surface area contributed by atoms with Gasteiger partial charge < -0.3 is 0 Å². The van der Waals surface area contributed by atoms with E-state index >= 15 is 0 Å². The molecule has 5 heteroatoms. The van der Waals surface area contributed by atoms with Crippen LogP contribution in [0.5, 0.6) is 0 Å². The van der Waals surface area contributed by atoms with Crippen molar-refractivity contribution in [2.24, 2.45) is 0 Å². The maximum Gasteiger partial charge on any atom is 0.269 e. The molecular formula is C23H23N3O2. The molecule has 0 spiro atoms. The fourth-order valence-corrected chi connectivity index (χ4v) is 2.74. The maximum absolute atomic E-state index is 12.3. The van der Waals surface area contributed by atoms with Gasteiger partial charge in [-0.15, -0.1) is 0 Å². The fourth-order valence-electron chi connectivity index (χ4n) is 2.74. The average molecular weight is 373 g/mol. The van der Waals surface area contributed by atoms with Crippen LogP contribution < -0.4 is 10.9 Å². The van der Waals surface area contributed by atoms with E-state index in [1.807, 2.05) is 36.4 Å². The standard InChI is InChI=1S/C23H23N3O2/c1-23(2,3)20-10-8-19(9-11-20)22(28)26-25-21(27)18-6-4-16(5-7-18)17-12-14-24-15-13-17/h4-15H,1-3H3,(H,25,27)(H,26,28). The molecule has 1 aromatic heterocycles. The van der Waals surface area contributed by atoms with Gasteiger partial charge >= 0.3 is 0 Å². The summed E-state index contributed by atoms with van der Waals surface area (Å²) in [6, 6.07) is 18.3. The van der Waals surface area contributed by atoms with Crippen LogP contribution in [0.3, 0.4) is 0 Å². The first-order valence-corrected chi connectivity index (χ1v) is 9.06. The molecule has 0 fully saturated rings. The lowest BCUT2D eigenvalue weighted by molar-refractivity contribution is 0.0846. The molecule has 0 aliphatic carbocycles. The smallest absolute Gasteiger partial charge is 0.267 e. The third-order valence-corrected chi connectivity index (χ3v) is 4.46. The van der Waals surface area contributed by atoms with Crippen LogP contribution in [-0.4, -0.2) is 16.8 Å². The van der Waals surface area contributed by atoms with Crippen molar-refractivity contribution < 1.29 is 9.59 Å². The third-order valence-electron chi connectivity index (χ3n) is 4.46. The van der Waals surface area contributed by atoms with Crippen LogP contribution >= 0.6 is 0 Å². The van der Waals surface area contributed by atoms with Crippen molar-refractivity contribution >= 4 is 11.8 Å². The lowest BCUT2D eigenvalue weighted by atomic mass is 9.87. The van der Waals surface area contributed by atoms with Crippen LogP contribution in [0.4, 0.5) is 0 Å². The van der Waals surface area contributed by atoms with E-state index in [2.05, 4.69) is 36.6 Å². The Kier molecular flexibility index (Phi) is 5.54. The number of carbonyl (C=O) groups is 2. The highest BCUT2D eigenvalue weighted by molar-refractivity contribution is 5.99. The molecule has 0 saturated heterocycles. The second kappa shape index (κ2) is 8.05. The highest BCUT2D eigenvalue weighted by Gasteiger charge is 2.15. The average Bonchev–Trinajstić information content (AvgIpc) is 2.72. The molecule has 2 N–H and O–H groups in total. The Bertz CT molecular complexity index is 957.